The van der Waals surface area contributed by atoms with Crippen LogP contribution in [0, 0.1) is 0 Å². The standard InChI is InChI=1S/C13H11Cl2N3O/c1-2-18(10-3-5-16-6-4-10)13(19)9-7-11(14)12(15)17-8-9/h3-8H,2H2,1H3. The first kappa shape index (κ1) is 13.8. The zero-order chi connectivity index (χ0) is 13.8. The van der Waals surface area contributed by atoms with Crippen molar-refractivity contribution in [3.8, 4) is 0 Å². The molecule has 0 aliphatic rings. The normalized spacial score (nSPS) is 10.3. The summed E-state index contributed by atoms with van der Waals surface area (Å²) < 4.78 is 0. The first-order valence-corrected chi connectivity index (χ1v) is 6.42. The second-order valence-electron chi connectivity index (χ2n) is 3.75. The summed E-state index contributed by atoms with van der Waals surface area (Å²) in [5.74, 6) is -0.181. The lowest BCUT2D eigenvalue weighted by molar-refractivity contribution is 0.0988. The summed E-state index contributed by atoms with van der Waals surface area (Å²) in [6.45, 7) is 2.42. The molecule has 0 saturated carbocycles. The molecule has 2 aromatic heterocycles. The molecule has 19 heavy (non-hydrogen) atoms. The van der Waals surface area contributed by atoms with Gasteiger partial charge in [-0.3, -0.25) is 9.78 Å². The first-order chi connectivity index (χ1) is 9.13. The largest absolute Gasteiger partial charge is 0.308 e. The molecule has 0 radical (unpaired) electrons. The third kappa shape index (κ3) is 3.03. The van der Waals surface area contributed by atoms with E-state index in [1.807, 2.05) is 6.92 Å². The minimum Gasteiger partial charge on any atom is -0.308 e. The number of amides is 1. The SMILES string of the molecule is CCN(C(=O)c1cnc(Cl)c(Cl)c1)c1ccncc1. The molecule has 6 heteroatoms. The van der Waals surface area contributed by atoms with Gasteiger partial charge in [0.1, 0.15) is 5.15 Å². The quantitative estimate of drug-likeness (QED) is 0.815. The van der Waals surface area contributed by atoms with Gasteiger partial charge in [0.05, 0.1) is 10.6 Å². The zero-order valence-electron chi connectivity index (χ0n) is 10.2. The fourth-order valence-electron chi connectivity index (χ4n) is 1.66. The molecular weight excluding hydrogens is 285 g/mol. The summed E-state index contributed by atoms with van der Waals surface area (Å²) in [7, 11) is 0. The van der Waals surface area contributed by atoms with Crippen molar-refractivity contribution < 1.29 is 4.79 Å². The second-order valence-corrected chi connectivity index (χ2v) is 4.52. The van der Waals surface area contributed by atoms with E-state index in [0.717, 1.165) is 5.69 Å². The Hall–Kier alpha value is -1.65. The van der Waals surface area contributed by atoms with E-state index in [2.05, 4.69) is 9.97 Å². The Morgan fingerprint density at radius 1 is 1.32 bits per heavy atom. The lowest BCUT2D eigenvalue weighted by Crippen LogP contribution is -2.30. The van der Waals surface area contributed by atoms with Crippen molar-refractivity contribution in [1.29, 1.82) is 0 Å². The van der Waals surface area contributed by atoms with E-state index in [9.17, 15) is 4.79 Å². The van der Waals surface area contributed by atoms with Gasteiger partial charge in [-0.2, -0.15) is 0 Å². The number of pyridine rings is 2. The number of hydrogen-bond donors (Lipinski definition) is 0. The van der Waals surface area contributed by atoms with Crippen molar-refractivity contribution in [2.75, 3.05) is 11.4 Å². The van der Waals surface area contributed by atoms with Crippen molar-refractivity contribution in [2.45, 2.75) is 6.92 Å². The van der Waals surface area contributed by atoms with Crippen LogP contribution in [0.4, 0.5) is 5.69 Å². The Morgan fingerprint density at radius 3 is 2.58 bits per heavy atom. The highest BCUT2D eigenvalue weighted by Gasteiger charge is 2.17. The number of hydrogen-bond acceptors (Lipinski definition) is 3. The van der Waals surface area contributed by atoms with Gasteiger partial charge >= 0.3 is 0 Å². The molecule has 0 aliphatic carbocycles. The number of aromatic nitrogens is 2. The van der Waals surface area contributed by atoms with Gasteiger partial charge in [-0.1, -0.05) is 23.2 Å². The second kappa shape index (κ2) is 5.99. The molecule has 0 fully saturated rings. The third-order valence-corrected chi connectivity index (χ3v) is 3.27. The molecule has 0 aliphatic heterocycles. The van der Waals surface area contributed by atoms with Crippen molar-refractivity contribution in [3.05, 3.63) is 52.5 Å². The Balaban J connectivity index is 2.33. The Labute approximate surface area is 121 Å². The van der Waals surface area contributed by atoms with Crippen molar-refractivity contribution in [1.82, 2.24) is 9.97 Å². The van der Waals surface area contributed by atoms with Gasteiger partial charge < -0.3 is 4.90 Å². The number of carbonyl (C=O) groups is 1. The van der Waals surface area contributed by atoms with Gasteiger partial charge in [-0.15, -0.1) is 0 Å². The van der Waals surface area contributed by atoms with E-state index >= 15 is 0 Å². The molecule has 0 unspecified atom stereocenters. The Morgan fingerprint density at radius 2 is 2.00 bits per heavy atom. The highest BCUT2D eigenvalue weighted by Crippen LogP contribution is 2.22. The zero-order valence-corrected chi connectivity index (χ0v) is 11.7. The number of rotatable bonds is 3. The fourth-order valence-corrected chi connectivity index (χ4v) is 1.93. The molecule has 4 nitrogen and oxygen atoms in total. The summed E-state index contributed by atoms with van der Waals surface area (Å²) in [4.78, 5) is 21.8. The number of carbonyl (C=O) groups excluding carboxylic acids is 1. The summed E-state index contributed by atoms with van der Waals surface area (Å²) in [5, 5.41) is 0.448. The van der Waals surface area contributed by atoms with Crippen molar-refractivity contribution in [3.63, 3.8) is 0 Å². The third-order valence-electron chi connectivity index (χ3n) is 2.58. The number of halogens is 2. The van der Waals surface area contributed by atoms with E-state index < -0.39 is 0 Å². The minimum atomic E-state index is -0.181. The van der Waals surface area contributed by atoms with E-state index in [0.29, 0.717) is 12.1 Å². The maximum Gasteiger partial charge on any atom is 0.259 e. The molecule has 2 aromatic rings. The molecule has 0 bridgehead atoms. The van der Waals surface area contributed by atoms with E-state index in [4.69, 9.17) is 23.2 Å². The molecule has 1 amide bonds. The minimum absolute atomic E-state index is 0.181. The van der Waals surface area contributed by atoms with Crippen LogP contribution in [-0.4, -0.2) is 22.4 Å². The highest BCUT2D eigenvalue weighted by molar-refractivity contribution is 6.41. The smallest absolute Gasteiger partial charge is 0.259 e. The van der Waals surface area contributed by atoms with Crippen LogP contribution in [0.2, 0.25) is 10.2 Å². The van der Waals surface area contributed by atoms with E-state index in [1.54, 1.807) is 29.4 Å². The monoisotopic (exact) mass is 295 g/mol. The average molecular weight is 296 g/mol. The maximum absolute atomic E-state index is 12.4. The summed E-state index contributed by atoms with van der Waals surface area (Å²) in [5.41, 5.74) is 1.17. The van der Waals surface area contributed by atoms with Gasteiger partial charge in [-0.25, -0.2) is 4.98 Å². The lowest BCUT2D eigenvalue weighted by atomic mass is 10.2. The van der Waals surface area contributed by atoms with Crippen LogP contribution in [0.25, 0.3) is 0 Å². The van der Waals surface area contributed by atoms with Crippen LogP contribution in [0.3, 0.4) is 0 Å². The Kier molecular flexibility index (Phi) is 4.35. The maximum atomic E-state index is 12.4. The highest BCUT2D eigenvalue weighted by atomic mass is 35.5. The predicted octanol–water partition coefficient (Wildman–Crippen LogP) is 3.45. The lowest BCUT2D eigenvalue weighted by Gasteiger charge is -2.20. The van der Waals surface area contributed by atoms with E-state index in [1.165, 1.54) is 12.3 Å². The summed E-state index contributed by atoms with van der Waals surface area (Å²) in [6, 6.07) is 5.06. The molecule has 2 heterocycles. The van der Waals surface area contributed by atoms with Crippen LogP contribution < -0.4 is 4.90 Å². The van der Waals surface area contributed by atoms with Crippen molar-refractivity contribution in [2.24, 2.45) is 0 Å². The van der Waals surface area contributed by atoms with Gasteiger partial charge in [0.15, 0.2) is 0 Å². The van der Waals surface area contributed by atoms with Crippen LogP contribution in [0.15, 0.2) is 36.8 Å². The van der Waals surface area contributed by atoms with Gasteiger partial charge in [-0.05, 0) is 25.1 Å². The van der Waals surface area contributed by atoms with Crippen LogP contribution in [0.1, 0.15) is 17.3 Å². The molecule has 98 valence electrons. The fraction of sp³-hybridized carbons (Fsp3) is 0.154. The topological polar surface area (TPSA) is 46.1 Å². The van der Waals surface area contributed by atoms with Crippen LogP contribution in [-0.2, 0) is 0 Å². The molecule has 2 rings (SSSR count). The molecule has 0 atom stereocenters. The van der Waals surface area contributed by atoms with Gasteiger partial charge in [0.25, 0.3) is 5.91 Å². The van der Waals surface area contributed by atoms with Gasteiger partial charge in [0.2, 0.25) is 0 Å². The summed E-state index contributed by atoms with van der Waals surface area (Å²) in [6.07, 6.45) is 4.69. The molecular formula is C13H11Cl2N3O. The molecule has 0 aromatic carbocycles. The average Bonchev–Trinajstić information content (AvgIpc) is 2.44. The molecule has 0 spiro atoms. The Bertz CT molecular complexity index is 590. The predicted molar refractivity (Wildman–Crippen MR) is 75.8 cm³/mol. The summed E-state index contributed by atoms with van der Waals surface area (Å²) >= 11 is 11.6. The number of nitrogens with zero attached hydrogens (tertiary/aromatic N) is 3. The van der Waals surface area contributed by atoms with Crippen molar-refractivity contribution >= 4 is 34.8 Å². The number of anilines is 1. The van der Waals surface area contributed by atoms with Crippen LogP contribution in [0.5, 0.6) is 0 Å². The van der Waals surface area contributed by atoms with E-state index in [-0.39, 0.29) is 16.1 Å². The van der Waals surface area contributed by atoms with Crippen LogP contribution >= 0.6 is 23.2 Å². The van der Waals surface area contributed by atoms with Gasteiger partial charge in [0, 0.05) is 30.8 Å². The first-order valence-electron chi connectivity index (χ1n) is 5.66. The molecule has 0 N–H and O–H groups in total. The molecule has 0 saturated heterocycles.